The molecule has 15 nitrogen and oxygen atoms in total. The lowest BCUT2D eigenvalue weighted by molar-refractivity contribution is -0.138. The number of rotatable bonds is 14. The fourth-order valence-corrected chi connectivity index (χ4v) is 12.8. The van der Waals surface area contributed by atoms with Crippen molar-refractivity contribution >= 4 is 52.1 Å². The molecular formula is C56H65ClF2N8O7. The number of aryl methyl sites for hydroxylation is 1. The molecule has 4 atom stereocenters. The molecule has 18 heteroatoms. The second-order valence-corrected chi connectivity index (χ2v) is 21.4. The smallest absolute Gasteiger partial charge is 0.329 e. The summed E-state index contributed by atoms with van der Waals surface area (Å²) in [6, 6.07) is 19.8. The number of carbonyl (C=O) groups excluding carboxylic acids is 4. The lowest BCUT2D eigenvalue weighted by Crippen LogP contribution is -2.49. The van der Waals surface area contributed by atoms with Crippen molar-refractivity contribution in [1.29, 1.82) is 0 Å². The minimum atomic E-state index is -1.10. The molecule has 0 unspecified atom stereocenters. The van der Waals surface area contributed by atoms with Gasteiger partial charge in [-0.15, -0.1) is 0 Å². The first-order chi connectivity index (χ1) is 35.6. The Morgan fingerprint density at radius 1 is 0.959 bits per heavy atom. The number of primary amides is 1. The van der Waals surface area contributed by atoms with Crippen LogP contribution < -0.4 is 30.7 Å². The van der Waals surface area contributed by atoms with Crippen molar-refractivity contribution < 1.29 is 42.5 Å². The van der Waals surface area contributed by atoms with Crippen LogP contribution in [0, 0.1) is 23.5 Å². The molecule has 0 bridgehead atoms. The van der Waals surface area contributed by atoms with E-state index >= 15 is 8.78 Å². The summed E-state index contributed by atoms with van der Waals surface area (Å²) in [5.41, 5.74) is 7.57. The van der Waals surface area contributed by atoms with Crippen LogP contribution in [0.25, 0.3) is 22.0 Å². The molecule has 4 aliphatic heterocycles. The highest BCUT2D eigenvalue weighted by atomic mass is 35.5. The van der Waals surface area contributed by atoms with Crippen LogP contribution in [0.15, 0.2) is 66.7 Å². The topological polar surface area (TPSA) is 185 Å². The number of nitrogens with two attached hydrogens (primary N) is 1. The normalized spacial score (nSPS) is 24.7. The van der Waals surface area contributed by atoms with Gasteiger partial charge in [0.05, 0.1) is 22.7 Å². The minimum absolute atomic E-state index is 0.0494. The molecule has 0 radical (unpaired) electrons. The number of urea groups is 1. The van der Waals surface area contributed by atoms with E-state index in [1.807, 2.05) is 49.0 Å². The summed E-state index contributed by atoms with van der Waals surface area (Å²) >= 11 is 6.73. The van der Waals surface area contributed by atoms with Gasteiger partial charge in [-0.3, -0.25) is 29.3 Å². The Kier molecular flexibility index (Phi) is 14.7. The van der Waals surface area contributed by atoms with Crippen molar-refractivity contribution in [3.63, 3.8) is 0 Å². The van der Waals surface area contributed by atoms with E-state index in [4.69, 9.17) is 26.8 Å². The van der Waals surface area contributed by atoms with Gasteiger partial charge in [-0.05, 0) is 112 Å². The number of nitrogens with one attached hydrogen (secondary N) is 2. The average molecular weight is 1040 g/mol. The highest BCUT2D eigenvalue weighted by Crippen LogP contribution is 2.56. The Balaban J connectivity index is 0.738. The van der Waals surface area contributed by atoms with Crippen LogP contribution in [0.4, 0.5) is 19.4 Å². The summed E-state index contributed by atoms with van der Waals surface area (Å²) in [5.74, 6) is -1.98. The Labute approximate surface area is 434 Å². The Morgan fingerprint density at radius 2 is 1.72 bits per heavy atom. The summed E-state index contributed by atoms with van der Waals surface area (Å²) in [4.78, 5) is 57.5. The number of amides is 5. The van der Waals surface area contributed by atoms with Crippen LogP contribution in [0.2, 0.25) is 5.02 Å². The third-order valence-electron chi connectivity index (χ3n) is 16.7. The molecule has 5 N–H and O–H groups in total. The van der Waals surface area contributed by atoms with Crippen molar-refractivity contribution in [3.05, 3.63) is 106 Å². The van der Waals surface area contributed by atoms with Gasteiger partial charge >= 0.3 is 6.03 Å². The number of likely N-dealkylation sites (tertiary alicyclic amines) is 2. The Bertz CT molecular complexity index is 2960. The van der Waals surface area contributed by atoms with Crippen LogP contribution in [0.3, 0.4) is 0 Å². The van der Waals surface area contributed by atoms with Gasteiger partial charge in [0.25, 0.3) is 0 Å². The molecule has 1 aliphatic carbocycles. The van der Waals surface area contributed by atoms with Crippen molar-refractivity contribution in [2.75, 3.05) is 57.4 Å². The van der Waals surface area contributed by atoms with Gasteiger partial charge in [0.15, 0.2) is 23.0 Å². The number of carbonyl (C=O) groups is 4. The Morgan fingerprint density at radius 3 is 2.42 bits per heavy atom. The lowest BCUT2D eigenvalue weighted by atomic mass is 9.77. The zero-order valence-electron chi connectivity index (χ0n) is 42.2. The zero-order valence-corrected chi connectivity index (χ0v) is 42.9. The summed E-state index contributed by atoms with van der Waals surface area (Å²) < 4.78 is 46.5. The number of aromatic nitrogens is 2. The maximum Gasteiger partial charge on any atom is 0.329 e. The highest BCUT2D eigenvalue weighted by Gasteiger charge is 2.50. The van der Waals surface area contributed by atoms with Crippen LogP contribution in [0.1, 0.15) is 111 Å². The number of piperidine rings is 2. The van der Waals surface area contributed by atoms with E-state index in [1.54, 1.807) is 4.90 Å². The summed E-state index contributed by atoms with van der Waals surface area (Å²) in [6.45, 7) is 7.82. The number of benzene rings is 4. The van der Waals surface area contributed by atoms with E-state index in [1.165, 1.54) is 23.8 Å². The second kappa shape index (κ2) is 21.2. The SMILES string of the molecule is C[C@H]1C[C@H](c2ccc3c(N4CCC(=O)NC4=O)nn(C)c3c2)CCN1CC1CCN(C(=O)C2CCC(NC[C@]3(c4ccccc4)Oc4cc(F)c(Cl)c(-c5c(C(N)=O)ccc(OCCO)c5F)c4[C@@H]3C)CC2)CC1. The van der Waals surface area contributed by atoms with Gasteiger partial charge < -0.3 is 35.4 Å². The first kappa shape index (κ1) is 51.4. The van der Waals surface area contributed by atoms with E-state index in [-0.39, 0.29) is 71.6 Å². The fourth-order valence-electron chi connectivity index (χ4n) is 12.5. The number of anilines is 1. The maximum absolute atomic E-state index is 16.5. The minimum Gasteiger partial charge on any atom is -0.488 e. The molecule has 3 saturated heterocycles. The molecule has 5 amide bonds. The average Bonchev–Trinajstić information content (AvgIpc) is 3.88. The number of aliphatic hydroxyl groups is 1. The Hall–Kier alpha value is -6.14. The van der Waals surface area contributed by atoms with E-state index in [0.717, 1.165) is 94.0 Å². The molecule has 4 aromatic carbocycles. The van der Waals surface area contributed by atoms with Crippen LogP contribution in [0.5, 0.6) is 11.5 Å². The van der Waals surface area contributed by atoms with E-state index in [2.05, 4.69) is 50.7 Å². The van der Waals surface area contributed by atoms with Gasteiger partial charge in [-0.25, -0.2) is 13.6 Å². The fraction of sp³-hybridized carbons (Fsp3) is 0.482. The monoisotopic (exact) mass is 1030 g/mol. The molecule has 392 valence electrons. The lowest BCUT2D eigenvalue weighted by Gasteiger charge is -2.42. The van der Waals surface area contributed by atoms with Gasteiger partial charge in [0.1, 0.15) is 18.2 Å². The number of hydrogen-bond acceptors (Lipinski definition) is 10. The number of imide groups is 1. The molecule has 10 rings (SSSR count). The number of aliphatic hydroxyl groups excluding tert-OH is 1. The molecule has 5 aromatic rings. The predicted octanol–water partition coefficient (Wildman–Crippen LogP) is 8.13. The molecule has 1 saturated carbocycles. The zero-order chi connectivity index (χ0) is 52.0. The van der Waals surface area contributed by atoms with E-state index in [9.17, 15) is 24.3 Å². The predicted molar refractivity (Wildman–Crippen MR) is 277 cm³/mol. The van der Waals surface area contributed by atoms with Gasteiger partial charge in [0.2, 0.25) is 17.7 Å². The van der Waals surface area contributed by atoms with E-state index in [0.29, 0.717) is 42.3 Å². The van der Waals surface area contributed by atoms with Crippen LogP contribution in [-0.2, 0) is 22.2 Å². The number of ether oxygens (including phenoxy) is 2. The van der Waals surface area contributed by atoms with Gasteiger partial charge in [-0.2, -0.15) is 5.10 Å². The quantitative estimate of drug-likeness (QED) is 0.0847. The maximum atomic E-state index is 16.5. The van der Waals surface area contributed by atoms with Crippen molar-refractivity contribution in [3.8, 4) is 22.6 Å². The first-order valence-corrected chi connectivity index (χ1v) is 26.5. The molecule has 74 heavy (non-hydrogen) atoms. The van der Waals surface area contributed by atoms with Gasteiger partial charge in [-0.1, -0.05) is 54.9 Å². The van der Waals surface area contributed by atoms with Crippen molar-refractivity contribution in [2.24, 2.45) is 24.6 Å². The third-order valence-corrected chi connectivity index (χ3v) is 17.0. The molecule has 5 heterocycles. The largest absolute Gasteiger partial charge is 0.488 e. The number of halogens is 3. The summed E-state index contributed by atoms with van der Waals surface area (Å²) in [7, 11) is 1.89. The standard InChI is InChI=1S/C56H65ClF2N8O7/c1-32-27-37(36-11-14-40-43(28-36)64(3)63-53(40)67-24-20-46(69)62-55(67)72)19-23-66(32)30-34-17-21-65(22-18-34)54(71)35-9-12-39(13-10-35)61-31-56(38-7-5-4-6-8-38)33(2)47-45(74-56)29-42(58)50(57)49(47)48-41(52(60)70)15-16-44(51(48)59)73-26-25-68/h4-8,11,14-16,28-29,32-35,37,39,61,68H,9-10,12-13,17-27,30-31H2,1-3H3,(H2,60,70)(H,62,69,72)/t32-,33-,35?,37+,39?,56-/m0/s1. The second-order valence-electron chi connectivity index (χ2n) is 21.0. The third kappa shape index (κ3) is 9.72. The number of nitrogens with zero attached hydrogens (tertiary/aromatic N) is 5. The molecule has 4 fully saturated rings. The van der Waals surface area contributed by atoms with Crippen molar-refractivity contribution in [1.82, 2.24) is 30.2 Å². The summed E-state index contributed by atoms with van der Waals surface area (Å²) in [6.07, 6.45) is 7.37. The molecule has 0 spiro atoms. The van der Waals surface area contributed by atoms with Gasteiger partial charge in [0, 0.05) is 98.3 Å². The van der Waals surface area contributed by atoms with Crippen molar-refractivity contribution in [2.45, 2.75) is 101 Å². The van der Waals surface area contributed by atoms with Crippen LogP contribution in [-0.4, -0.2) is 113 Å². The molecule has 5 aliphatic rings. The molecular weight excluding hydrogens is 970 g/mol. The highest BCUT2D eigenvalue weighted by molar-refractivity contribution is 6.34. The molecule has 1 aromatic heterocycles. The summed E-state index contributed by atoms with van der Waals surface area (Å²) in [5, 5.41) is 20.7. The first-order valence-electron chi connectivity index (χ1n) is 26.1. The number of fused-ring (bicyclic) bond motifs is 2. The van der Waals surface area contributed by atoms with E-state index < -0.39 is 40.1 Å². The van der Waals surface area contributed by atoms with Crippen LogP contribution >= 0.6 is 11.6 Å². The number of hydrogen-bond donors (Lipinski definition) is 4.